The lowest BCUT2D eigenvalue weighted by atomic mass is 9.92. The maximum absolute atomic E-state index is 12.5. The number of esters is 1. The van der Waals surface area contributed by atoms with Gasteiger partial charge in [-0.3, -0.25) is 0 Å². The summed E-state index contributed by atoms with van der Waals surface area (Å²) in [5, 5.41) is 0. The van der Waals surface area contributed by atoms with Gasteiger partial charge in [-0.15, -0.1) is 0 Å². The zero-order chi connectivity index (χ0) is 25.8. The highest BCUT2D eigenvalue weighted by molar-refractivity contribution is 5.99. The van der Waals surface area contributed by atoms with E-state index < -0.39 is 17.7 Å². The van der Waals surface area contributed by atoms with Gasteiger partial charge in [-0.05, 0) is 87.4 Å². The lowest BCUT2D eigenvalue weighted by molar-refractivity contribution is -0.136. The first-order valence-corrected chi connectivity index (χ1v) is 12.1. The highest BCUT2D eigenvalue weighted by Crippen LogP contribution is 2.30. The Kier molecular flexibility index (Phi) is 8.26. The first kappa shape index (κ1) is 26.3. The van der Waals surface area contributed by atoms with Crippen LogP contribution in [0.1, 0.15) is 55.0 Å². The molecular formula is C29H37NO5. The number of methoxy groups -OCH3 is 1. The van der Waals surface area contributed by atoms with E-state index in [0.29, 0.717) is 25.1 Å². The van der Waals surface area contributed by atoms with E-state index >= 15 is 0 Å². The molecule has 0 aromatic heterocycles. The molecule has 6 heteroatoms. The molecule has 0 N–H and O–H groups in total. The van der Waals surface area contributed by atoms with Gasteiger partial charge in [-0.2, -0.15) is 0 Å². The third-order valence-electron chi connectivity index (χ3n) is 6.14. The molecule has 6 nitrogen and oxygen atoms in total. The molecule has 0 unspecified atom stereocenters. The molecule has 188 valence electrons. The van der Waals surface area contributed by atoms with Crippen molar-refractivity contribution in [3.8, 4) is 5.75 Å². The normalized spacial score (nSPS) is 14.1. The highest BCUT2D eigenvalue weighted by Gasteiger charge is 2.30. The summed E-state index contributed by atoms with van der Waals surface area (Å²) in [6, 6.07) is 12.4. The van der Waals surface area contributed by atoms with Crippen LogP contribution in [-0.4, -0.2) is 49.4 Å². The van der Waals surface area contributed by atoms with Crippen LogP contribution in [-0.2, 0) is 20.7 Å². The van der Waals surface area contributed by atoms with Gasteiger partial charge in [0.1, 0.15) is 11.4 Å². The molecule has 3 rings (SSSR count). The number of benzene rings is 2. The topological polar surface area (TPSA) is 65.1 Å². The zero-order valence-corrected chi connectivity index (χ0v) is 22.0. The first-order valence-electron chi connectivity index (χ1n) is 12.1. The van der Waals surface area contributed by atoms with E-state index in [1.807, 2.05) is 32.9 Å². The van der Waals surface area contributed by atoms with E-state index in [-0.39, 0.29) is 6.54 Å². The Morgan fingerprint density at radius 2 is 1.71 bits per heavy atom. The van der Waals surface area contributed by atoms with Crippen molar-refractivity contribution in [3.05, 3.63) is 69.8 Å². The van der Waals surface area contributed by atoms with Crippen molar-refractivity contribution in [2.24, 2.45) is 0 Å². The van der Waals surface area contributed by atoms with Gasteiger partial charge < -0.3 is 19.1 Å². The molecule has 0 atom stereocenters. The average Bonchev–Trinajstić information content (AvgIpc) is 2.80. The third-order valence-corrected chi connectivity index (χ3v) is 6.14. The van der Waals surface area contributed by atoms with Gasteiger partial charge in [0, 0.05) is 13.0 Å². The van der Waals surface area contributed by atoms with Crippen molar-refractivity contribution in [2.45, 2.75) is 60.0 Å². The number of hydrogen-bond acceptors (Lipinski definition) is 5. The summed E-state index contributed by atoms with van der Waals surface area (Å²) in [4.78, 5) is 26.6. The summed E-state index contributed by atoms with van der Waals surface area (Å²) in [6.07, 6.45) is 0.910. The van der Waals surface area contributed by atoms with Crippen LogP contribution in [0.2, 0.25) is 0 Å². The first-order chi connectivity index (χ1) is 16.5. The van der Waals surface area contributed by atoms with Gasteiger partial charge >= 0.3 is 12.1 Å². The van der Waals surface area contributed by atoms with E-state index in [0.717, 1.165) is 28.9 Å². The number of aryl methyl sites for hydroxylation is 2. The van der Waals surface area contributed by atoms with Crippen molar-refractivity contribution in [2.75, 3.05) is 26.8 Å². The highest BCUT2D eigenvalue weighted by atomic mass is 16.6. The Balaban J connectivity index is 1.70. The number of hydrogen-bond donors (Lipinski definition) is 0. The summed E-state index contributed by atoms with van der Waals surface area (Å²) in [7, 11) is 1.36. The molecule has 1 amide bonds. The number of carbonyl (C=O) groups is 2. The van der Waals surface area contributed by atoms with Gasteiger partial charge in [0.25, 0.3) is 0 Å². The van der Waals surface area contributed by atoms with Crippen LogP contribution in [0.5, 0.6) is 5.75 Å². The molecular weight excluding hydrogens is 442 g/mol. The quantitative estimate of drug-likeness (QED) is 0.490. The fourth-order valence-electron chi connectivity index (χ4n) is 4.18. The summed E-state index contributed by atoms with van der Waals surface area (Å²) < 4.78 is 16.6. The van der Waals surface area contributed by atoms with Gasteiger partial charge in [-0.25, -0.2) is 9.59 Å². The molecule has 0 radical (unpaired) electrons. The molecule has 0 saturated heterocycles. The zero-order valence-electron chi connectivity index (χ0n) is 22.0. The fraction of sp³-hybridized carbons (Fsp3) is 0.448. The summed E-state index contributed by atoms with van der Waals surface area (Å²) in [5.74, 6) is 0.512. The van der Waals surface area contributed by atoms with Crippen LogP contribution in [0, 0.1) is 20.8 Å². The second-order valence-electron chi connectivity index (χ2n) is 10.1. The van der Waals surface area contributed by atoms with Crippen LogP contribution in [0.25, 0.3) is 5.57 Å². The number of amides is 1. The standard InChI is InChI=1S/C29H37NO5/c1-19-16-20(2)21(3)26(17-19)34-15-13-22-8-10-23(11-9-22)24-12-14-30(18-25(24)27(31)33-7)28(32)35-29(4,5)6/h8-11,16-17H,12-15,18H2,1-7H3. The SMILES string of the molecule is COC(=O)C1=C(c2ccc(CCOc3cc(C)cc(C)c3C)cc2)CCN(C(=O)OC(C)(C)C)C1. The smallest absolute Gasteiger partial charge is 0.410 e. The monoisotopic (exact) mass is 479 g/mol. The Bertz CT molecular complexity index is 1110. The van der Waals surface area contributed by atoms with E-state index in [4.69, 9.17) is 14.2 Å². The molecule has 35 heavy (non-hydrogen) atoms. The van der Waals surface area contributed by atoms with Crippen molar-refractivity contribution < 1.29 is 23.8 Å². The Morgan fingerprint density at radius 1 is 1.03 bits per heavy atom. The molecule has 0 aliphatic carbocycles. The molecule has 0 fully saturated rings. The minimum Gasteiger partial charge on any atom is -0.493 e. The molecule has 2 aromatic rings. The molecule has 0 spiro atoms. The Morgan fingerprint density at radius 3 is 2.34 bits per heavy atom. The van der Waals surface area contributed by atoms with Crippen LogP contribution < -0.4 is 4.74 Å². The molecule has 1 aliphatic rings. The predicted molar refractivity (Wildman–Crippen MR) is 138 cm³/mol. The number of nitrogens with zero attached hydrogens (tertiary/aromatic N) is 1. The maximum atomic E-state index is 12.5. The number of carbonyl (C=O) groups excluding carboxylic acids is 2. The van der Waals surface area contributed by atoms with E-state index in [9.17, 15) is 9.59 Å². The van der Waals surface area contributed by atoms with Gasteiger partial charge in [0.2, 0.25) is 0 Å². The minimum absolute atomic E-state index is 0.168. The fourth-order valence-corrected chi connectivity index (χ4v) is 4.18. The molecule has 1 heterocycles. The second kappa shape index (κ2) is 11.0. The van der Waals surface area contributed by atoms with Crippen molar-refractivity contribution >= 4 is 17.6 Å². The van der Waals surface area contributed by atoms with Crippen molar-refractivity contribution in [1.29, 1.82) is 0 Å². The van der Waals surface area contributed by atoms with E-state index in [2.05, 4.69) is 45.0 Å². The van der Waals surface area contributed by atoms with E-state index in [1.54, 1.807) is 4.90 Å². The predicted octanol–water partition coefficient (Wildman–Crippen LogP) is 5.80. The number of ether oxygens (including phenoxy) is 3. The van der Waals surface area contributed by atoms with Crippen molar-refractivity contribution in [3.63, 3.8) is 0 Å². The minimum atomic E-state index is -0.594. The number of rotatable bonds is 6. The van der Waals surface area contributed by atoms with Gasteiger partial charge in [-0.1, -0.05) is 30.3 Å². The Hall–Kier alpha value is -3.28. The summed E-state index contributed by atoms with van der Waals surface area (Å²) >= 11 is 0. The lowest BCUT2D eigenvalue weighted by Crippen LogP contribution is -2.41. The van der Waals surface area contributed by atoms with Crippen LogP contribution in [0.4, 0.5) is 4.79 Å². The molecule has 1 aliphatic heterocycles. The largest absolute Gasteiger partial charge is 0.493 e. The van der Waals surface area contributed by atoms with Gasteiger partial charge in [0.15, 0.2) is 0 Å². The summed E-state index contributed by atoms with van der Waals surface area (Å²) in [5.41, 5.74) is 6.52. The molecule has 2 aromatic carbocycles. The maximum Gasteiger partial charge on any atom is 0.410 e. The molecule has 0 bridgehead atoms. The van der Waals surface area contributed by atoms with Crippen LogP contribution >= 0.6 is 0 Å². The van der Waals surface area contributed by atoms with Crippen LogP contribution in [0.15, 0.2) is 42.0 Å². The van der Waals surface area contributed by atoms with Gasteiger partial charge in [0.05, 0.1) is 25.8 Å². The van der Waals surface area contributed by atoms with Crippen LogP contribution in [0.3, 0.4) is 0 Å². The lowest BCUT2D eigenvalue weighted by Gasteiger charge is -2.32. The average molecular weight is 480 g/mol. The Labute approximate surface area is 208 Å². The van der Waals surface area contributed by atoms with Crippen molar-refractivity contribution in [1.82, 2.24) is 4.90 Å². The van der Waals surface area contributed by atoms with E-state index in [1.165, 1.54) is 23.8 Å². The molecule has 0 saturated carbocycles. The summed E-state index contributed by atoms with van der Waals surface area (Å²) in [6.45, 7) is 13.0. The second-order valence-corrected chi connectivity index (χ2v) is 10.1. The third kappa shape index (κ3) is 6.87.